The molecule has 0 bridgehead atoms. The van der Waals surface area contributed by atoms with Crippen LogP contribution in [0.25, 0.3) is 5.57 Å². The highest BCUT2D eigenvalue weighted by molar-refractivity contribution is 5.96. The Morgan fingerprint density at radius 3 is 2.93 bits per heavy atom. The summed E-state index contributed by atoms with van der Waals surface area (Å²) in [6, 6.07) is 7.92. The normalized spacial score (nSPS) is 18.1. The second kappa shape index (κ2) is 7.20. The highest BCUT2D eigenvalue weighted by Crippen LogP contribution is 2.28. The topological polar surface area (TPSA) is 92.8 Å². The van der Waals surface area contributed by atoms with Gasteiger partial charge in [0.2, 0.25) is 5.88 Å². The third kappa shape index (κ3) is 3.68. The van der Waals surface area contributed by atoms with E-state index >= 15 is 0 Å². The summed E-state index contributed by atoms with van der Waals surface area (Å²) in [5.74, 6) is 0.993. The van der Waals surface area contributed by atoms with Crippen LogP contribution in [0.1, 0.15) is 11.1 Å². The number of amidine groups is 1. The molecule has 0 saturated heterocycles. The summed E-state index contributed by atoms with van der Waals surface area (Å²) in [5, 5.41) is 12.8. The Labute approximate surface area is 155 Å². The summed E-state index contributed by atoms with van der Waals surface area (Å²) >= 11 is 0. The van der Waals surface area contributed by atoms with Crippen molar-refractivity contribution in [3.63, 3.8) is 0 Å². The Kier molecular flexibility index (Phi) is 4.60. The molecule has 1 unspecified atom stereocenters. The van der Waals surface area contributed by atoms with Gasteiger partial charge in [-0.15, -0.1) is 0 Å². The van der Waals surface area contributed by atoms with Crippen molar-refractivity contribution < 1.29 is 14.2 Å². The monoisotopic (exact) mass is 366 g/mol. The molecule has 0 amide bonds. The summed E-state index contributed by atoms with van der Waals surface area (Å²) in [6.45, 7) is 0.662. The first kappa shape index (κ1) is 17.2. The second-order valence-corrected chi connectivity index (χ2v) is 6.40. The number of aromatic nitrogens is 1. The average Bonchev–Trinajstić information content (AvgIpc) is 3.09. The van der Waals surface area contributed by atoms with Gasteiger partial charge in [-0.1, -0.05) is 12.1 Å². The van der Waals surface area contributed by atoms with E-state index in [0.717, 1.165) is 22.7 Å². The number of ether oxygens (including phenoxy) is 1. The number of aliphatic hydroxyl groups is 1. The fraction of sp³-hybridized carbons (Fsp3) is 0.200. The van der Waals surface area contributed by atoms with E-state index in [0.29, 0.717) is 30.3 Å². The molecule has 2 aromatic rings. The predicted molar refractivity (Wildman–Crippen MR) is 101 cm³/mol. The van der Waals surface area contributed by atoms with E-state index in [4.69, 9.17) is 10.5 Å². The maximum absolute atomic E-state index is 13.4. The van der Waals surface area contributed by atoms with E-state index in [1.807, 2.05) is 6.08 Å². The lowest BCUT2D eigenvalue weighted by Crippen LogP contribution is -2.33. The Bertz CT molecular complexity index is 951. The number of nitrogens with two attached hydrogens (primary N) is 1. The van der Waals surface area contributed by atoms with Crippen LogP contribution in [-0.2, 0) is 6.61 Å². The summed E-state index contributed by atoms with van der Waals surface area (Å²) < 4.78 is 19.1. The zero-order valence-corrected chi connectivity index (χ0v) is 14.5. The zero-order valence-electron chi connectivity index (χ0n) is 14.5. The minimum Gasteiger partial charge on any atom is -0.471 e. The third-order valence-corrected chi connectivity index (χ3v) is 4.50. The molecule has 2 aliphatic heterocycles. The number of rotatable bonds is 5. The molecule has 1 aromatic heterocycles. The highest BCUT2D eigenvalue weighted by atomic mass is 19.1. The number of hydrogen-bond acceptors (Lipinski definition) is 6. The molecular weight excluding hydrogens is 347 g/mol. The largest absolute Gasteiger partial charge is 0.471 e. The fourth-order valence-electron chi connectivity index (χ4n) is 3.20. The van der Waals surface area contributed by atoms with Gasteiger partial charge < -0.3 is 20.9 Å². The van der Waals surface area contributed by atoms with E-state index < -0.39 is 0 Å². The number of nitrogen functional groups attached to an aromatic ring is 1. The van der Waals surface area contributed by atoms with Gasteiger partial charge in [0, 0.05) is 12.6 Å². The van der Waals surface area contributed by atoms with Gasteiger partial charge in [0.1, 0.15) is 18.3 Å². The number of pyridine rings is 1. The molecule has 3 heterocycles. The van der Waals surface area contributed by atoms with Gasteiger partial charge >= 0.3 is 0 Å². The van der Waals surface area contributed by atoms with Crippen LogP contribution in [0, 0.1) is 11.7 Å². The molecule has 0 fully saturated rings. The molecule has 0 aliphatic carbocycles. The summed E-state index contributed by atoms with van der Waals surface area (Å²) in [6.07, 6.45) is 5.64. The minimum absolute atomic E-state index is 0.00308. The molecule has 27 heavy (non-hydrogen) atoms. The molecule has 4 N–H and O–H groups in total. The van der Waals surface area contributed by atoms with Gasteiger partial charge in [0.05, 0.1) is 30.1 Å². The van der Waals surface area contributed by atoms with E-state index in [1.54, 1.807) is 24.4 Å². The number of aliphatic hydroxyl groups excluding tert-OH is 1. The first-order valence-electron chi connectivity index (χ1n) is 8.60. The Morgan fingerprint density at radius 2 is 2.15 bits per heavy atom. The van der Waals surface area contributed by atoms with Gasteiger partial charge in [-0.05, 0) is 41.0 Å². The maximum Gasteiger partial charge on any atom is 0.213 e. The van der Waals surface area contributed by atoms with Crippen LogP contribution >= 0.6 is 0 Å². The predicted octanol–water partition coefficient (Wildman–Crippen LogP) is 2.27. The van der Waals surface area contributed by atoms with Crippen LogP contribution < -0.4 is 15.8 Å². The number of nitrogens with zero attached hydrogens (tertiary/aromatic N) is 2. The minimum atomic E-state index is -0.356. The lowest BCUT2D eigenvalue weighted by atomic mass is 9.93. The second-order valence-electron chi connectivity index (χ2n) is 6.40. The van der Waals surface area contributed by atoms with Crippen molar-refractivity contribution in [3.05, 3.63) is 71.3 Å². The van der Waals surface area contributed by atoms with Gasteiger partial charge in [-0.3, -0.25) is 0 Å². The Hall–Kier alpha value is -3.19. The van der Waals surface area contributed by atoms with E-state index in [-0.39, 0.29) is 18.3 Å². The number of hydrogen-bond donors (Lipinski definition) is 3. The van der Waals surface area contributed by atoms with Crippen molar-refractivity contribution in [2.45, 2.75) is 6.61 Å². The first-order chi connectivity index (χ1) is 13.1. The number of anilines is 1. The van der Waals surface area contributed by atoms with Crippen LogP contribution in [-0.4, -0.2) is 29.1 Å². The summed E-state index contributed by atoms with van der Waals surface area (Å²) in [5.41, 5.74) is 9.42. The quantitative estimate of drug-likeness (QED) is 0.755. The van der Waals surface area contributed by atoms with Gasteiger partial charge in [0.25, 0.3) is 0 Å². The molecule has 7 heteroatoms. The molecule has 138 valence electrons. The van der Waals surface area contributed by atoms with Crippen molar-refractivity contribution in [2.75, 3.05) is 18.9 Å². The standard InChI is InChI=1S/C20H19FN4O2/c21-15-1-3-18(14(6-15)10-26)13-5-12-7-17(25-20(12)24-8-13)11-27-19-4-2-16(22)9-23-19/h1-7,9,12,26H,8,10-11,22H2,(H,24,25). The Morgan fingerprint density at radius 1 is 1.26 bits per heavy atom. The maximum atomic E-state index is 13.4. The van der Waals surface area contributed by atoms with E-state index in [2.05, 4.69) is 21.4 Å². The zero-order chi connectivity index (χ0) is 18.8. The lowest BCUT2D eigenvalue weighted by molar-refractivity contribution is 0.281. The van der Waals surface area contributed by atoms with Crippen LogP contribution in [0.15, 0.2) is 59.4 Å². The molecule has 0 spiro atoms. The van der Waals surface area contributed by atoms with Gasteiger partial charge in [-0.2, -0.15) is 0 Å². The van der Waals surface area contributed by atoms with Crippen molar-refractivity contribution in [1.29, 1.82) is 0 Å². The van der Waals surface area contributed by atoms with Crippen molar-refractivity contribution in [2.24, 2.45) is 10.9 Å². The van der Waals surface area contributed by atoms with Crippen molar-refractivity contribution in [3.8, 4) is 5.88 Å². The number of fused-ring (bicyclic) bond motifs is 1. The molecule has 2 aliphatic rings. The van der Waals surface area contributed by atoms with E-state index in [1.165, 1.54) is 12.1 Å². The molecule has 1 atom stereocenters. The van der Waals surface area contributed by atoms with Crippen molar-refractivity contribution >= 4 is 17.1 Å². The number of benzene rings is 1. The smallest absolute Gasteiger partial charge is 0.213 e. The van der Waals surface area contributed by atoms with Gasteiger partial charge in [-0.25, -0.2) is 14.4 Å². The fourth-order valence-corrected chi connectivity index (χ4v) is 3.20. The first-order valence-corrected chi connectivity index (χ1v) is 8.60. The lowest BCUT2D eigenvalue weighted by Gasteiger charge is -2.22. The molecule has 4 rings (SSSR count). The van der Waals surface area contributed by atoms with Crippen molar-refractivity contribution in [1.82, 2.24) is 10.3 Å². The summed E-state index contributed by atoms with van der Waals surface area (Å²) in [7, 11) is 0. The average molecular weight is 366 g/mol. The van der Waals surface area contributed by atoms with E-state index in [9.17, 15) is 9.50 Å². The molecule has 6 nitrogen and oxygen atoms in total. The molecule has 0 radical (unpaired) electrons. The molecule has 0 saturated carbocycles. The summed E-state index contributed by atoms with van der Waals surface area (Å²) in [4.78, 5) is 8.67. The number of halogens is 1. The number of nitrogens with one attached hydrogen (secondary N) is 1. The highest BCUT2D eigenvalue weighted by Gasteiger charge is 2.25. The molecular formula is C20H19FN4O2. The number of aliphatic imine (C=N–C) groups is 1. The van der Waals surface area contributed by atoms with Crippen LogP contribution in [0.5, 0.6) is 5.88 Å². The Balaban J connectivity index is 1.50. The third-order valence-electron chi connectivity index (χ3n) is 4.50. The van der Waals surface area contributed by atoms with Crippen LogP contribution in [0.3, 0.4) is 0 Å². The van der Waals surface area contributed by atoms with Crippen LogP contribution in [0.4, 0.5) is 10.1 Å². The molecule has 1 aromatic carbocycles. The van der Waals surface area contributed by atoms with Crippen LogP contribution in [0.2, 0.25) is 0 Å². The van der Waals surface area contributed by atoms with Gasteiger partial charge in [0.15, 0.2) is 0 Å². The SMILES string of the molecule is Nc1ccc(OCC2=CC3C=C(c4ccc(F)cc4CO)CNC3=N2)nc1.